The third kappa shape index (κ3) is 9.72. The van der Waals surface area contributed by atoms with E-state index in [-0.39, 0.29) is 13.0 Å². The summed E-state index contributed by atoms with van der Waals surface area (Å²) in [4.78, 5) is 21.3. The van der Waals surface area contributed by atoms with Gasteiger partial charge in [-0.05, 0) is 12.8 Å². The number of carbonyl (C=O) groups excluding carboxylic acids is 1. The molecule has 1 amide bonds. The zero-order valence-electron chi connectivity index (χ0n) is 9.13. The summed E-state index contributed by atoms with van der Waals surface area (Å²) in [7, 11) is -4.28. The lowest BCUT2D eigenvalue weighted by Crippen LogP contribution is -2.45. The number of nitrogens with two attached hydrogens (primary N) is 1. The molecule has 0 fully saturated rings. The summed E-state index contributed by atoms with van der Waals surface area (Å²) in [5, 5.41) is 10.7. The van der Waals surface area contributed by atoms with Crippen LogP contribution in [0, 0.1) is 0 Å². The Labute approximate surface area is 98.9 Å². The summed E-state index contributed by atoms with van der Waals surface area (Å²) in [5.74, 6) is -2.45. The van der Waals surface area contributed by atoms with Crippen molar-refractivity contribution < 1.29 is 27.7 Å². The van der Waals surface area contributed by atoms with E-state index in [2.05, 4.69) is 5.32 Å². The predicted octanol–water partition coefficient (Wildman–Crippen LogP) is -1.43. The molecule has 9 heteroatoms. The van der Waals surface area contributed by atoms with Crippen molar-refractivity contribution in [3.63, 3.8) is 0 Å². The van der Waals surface area contributed by atoms with Gasteiger partial charge >= 0.3 is 5.97 Å². The molecule has 17 heavy (non-hydrogen) atoms. The summed E-state index contributed by atoms with van der Waals surface area (Å²) in [6.07, 6.45) is 0.868. The Bertz CT molecular complexity index is 366. The van der Waals surface area contributed by atoms with E-state index in [1.165, 1.54) is 0 Å². The molecule has 1 atom stereocenters. The van der Waals surface area contributed by atoms with Crippen LogP contribution in [0.2, 0.25) is 0 Å². The third-order valence-corrected chi connectivity index (χ3v) is 2.62. The number of hydrogen-bond donors (Lipinski definition) is 4. The SMILES string of the molecule is N[C@@H](CS(=O)(=O)O)C(=O)NCCCCC(=O)O. The van der Waals surface area contributed by atoms with Crippen molar-refractivity contribution in [2.75, 3.05) is 12.3 Å². The van der Waals surface area contributed by atoms with Crippen LogP contribution in [0.5, 0.6) is 0 Å². The Balaban J connectivity index is 3.75. The molecule has 0 aromatic carbocycles. The first kappa shape index (κ1) is 15.8. The second-order valence-electron chi connectivity index (χ2n) is 3.50. The molecular weight excluding hydrogens is 252 g/mol. The van der Waals surface area contributed by atoms with Crippen molar-refractivity contribution in [2.45, 2.75) is 25.3 Å². The maximum atomic E-state index is 11.2. The average Bonchev–Trinajstić information content (AvgIpc) is 2.13. The van der Waals surface area contributed by atoms with Gasteiger partial charge < -0.3 is 16.2 Å². The molecule has 0 aromatic rings. The van der Waals surface area contributed by atoms with Gasteiger partial charge in [-0.25, -0.2) is 0 Å². The Hall–Kier alpha value is -1.19. The van der Waals surface area contributed by atoms with Crippen molar-refractivity contribution in [3.8, 4) is 0 Å². The number of carbonyl (C=O) groups is 2. The van der Waals surface area contributed by atoms with Gasteiger partial charge in [-0.15, -0.1) is 0 Å². The van der Waals surface area contributed by atoms with Crippen molar-refractivity contribution in [1.82, 2.24) is 5.32 Å². The van der Waals surface area contributed by atoms with E-state index in [1.807, 2.05) is 0 Å². The van der Waals surface area contributed by atoms with Gasteiger partial charge in [0.2, 0.25) is 5.91 Å². The molecule has 8 nitrogen and oxygen atoms in total. The molecule has 0 aliphatic carbocycles. The van der Waals surface area contributed by atoms with Crippen LogP contribution in [0.25, 0.3) is 0 Å². The molecule has 100 valence electrons. The van der Waals surface area contributed by atoms with Crippen LogP contribution >= 0.6 is 0 Å². The summed E-state index contributed by atoms with van der Waals surface area (Å²) in [6, 6.07) is -1.33. The molecule has 0 saturated carbocycles. The van der Waals surface area contributed by atoms with Gasteiger partial charge in [0.05, 0.1) is 5.75 Å². The van der Waals surface area contributed by atoms with Crippen molar-refractivity contribution in [2.24, 2.45) is 5.73 Å². The van der Waals surface area contributed by atoms with Crippen LogP contribution in [-0.4, -0.2) is 48.3 Å². The fourth-order valence-corrected chi connectivity index (χ4v) is 1.65. The lowest BCUT2D eigenvalue weighted by molar-refractivity contribution is -0.137. The first-order valence-corrected chi connectivity index (χ1v) is 6.53. The van der Waals surface area contributed by atoms with Gasteiger partial charge in [-0.1, -0.05) is 0 Å². The van der Waals surface area contributed by atoms with E-state index >= 15 is 0 Å². The van der Waals surface area contributed by atoms with Crippen molar-refractivity contribution in [3.05, 3.63) is 0 Å². The molecular formula is C8H16N2O6S. The van der Waals surface area contributed by atoms with Crippen LogP contribution in [-0.2, 0) is 19.7 Å². The van der Waals surface area contributed by atoms with E-state index in [0.717, 1.165) is 0 Å². The number of aliphatic carboxylic acids is 1. The van der Waals surface area contributed by atoms with Gasteiger partial charge in [0.15, 0.2) is 0 Å². The Kier molecular flexibility index (Phi) is 6.69. The largest absolute Gasteiger partial charge is 0.481 e. The van der Waals surface area contributed by atoms with Gasteiger partial charge in [-0.2, -0.15) is 8.42 Å². The Morgan fingerprint density at radius 2 is 1.88 bits per heavy atom. The highest BCUT2D eigenvalue weighted by atomic mass is 32.2. The fraction of sp³-hybridized carbons (Fsp3) is 0.750. The molecule has 0 saturated heterocycles. The second kappa shape index (κ2) is 7.20. The number of rotatable bonds is 8. The maximum Gasteiger partial charge on any atom is 0.303 e. The fourth-order valence-electron chi connectivity index (χ4n) is 1.05. The van der Waals surface area contributed by atoms with E-state index < -0.39 is 33.8 Å². The highest BCUT2D eigenvalue weighted by Crippen LogP contribution is 1.94. The minimum atomic E-state index is -4.28. The zero-order valence-corrected chi connectivity index (χ0v) is 9.94. The minimum Gasteiger partial charge on any atom is -0.481 e. The highest BCUT2D eigenvalue weighted by molar-refractivity contribution is 7.85. The number of carboxylic acid groups (broad SMARTS) is 1. The third-order valence-electron chi connectivity index (χ3n) is 1.84. The van der Waals surface area contributed by atoms with Crippen LogP contribution in [0.3, 0.4) is 0 Å². The van der Waals surface area contributed by atoms with Crippen LogP contribution in [0.4, 0.5) is 0 Å². The lowest BCUT2D eigenvalue weighted by atomic mass is 10.2. The standard InChI is InChI=1S/C8H16N2O6S/c9-6(5-17(14,15)16)8(13)10-4-2-1-3-7(11)12/h6H,1-5,9H2,(H,10,13)(H,11,12)(H,14,15,16)/t6-/m0/s1. The molecule has 0 rings (SSSR count). The van der Waals surface area contributed by atoms with E-state index in [1.54, 1.807) is 0 Å². The molecule has 0 aliphatic heterocycles. The number of unbranched alkanes of at least 4 members (excludes halogenated alkanes) is 1. The summed E-state index contributed by atoms with van der Waals surface area (Å²) in [6.45, 7) is 0.214. The Morgan fingerprint density at radius 1 is 1.29 bits per heavy atom. The monoisotopic (exact) mass is 268 g/mol. The molecule has 0 radical (unpaired) electrons. The predicted molar refractivity (Wildman–Crippen MR) is 58.9 cm³/mol. The molecule has 0 heterocycles. The highest BCUT2D eigenvalue weighted by Gasteiger charge is 2.19. The van der Waals surface area contributed by atoms with E-state index in [9.17, 15) is 18.0 Å². The van der Waals surface area contributed by atoms with Gasteiger partial charge in [0, 0.05) is 13.0 Å². The zero-order chi connectivity index (χ0) is 13.5. The van der Waals surface area contributed by atoms with E-state index in [0.29, 0.717) is 12.8 Å². The normalized spacial score (nSPS) is 13.1. The quantitative estimate of drug-likeness (QED) is 0.312. The van der Waals surface area contributed by atoms with Gasteiger partial charge in [0.25, 0.3) is 10.1 Å². The second-order valence-corrected chi connectivity index (χ2v) is 4.99. The summed E-state index contributed by atoms with van der Waals surface area (Å²) >= 11 is 0. The smallest absolute Gasteiger partial charge is 0.303 e. The van der Waals surface area contributed by atoms with Crippen molar-refractivity contribution >= 4 is 22.0 Å². The molecule has 0 aliphatic rings. The Morgan fingerprint density at radius 3 is 2.35 bits per heavy atom. The van der Waals surface area contributed by atoms with Crippen LogP contribution in [0.15, 0.2) is 0 Å². The average molecular weight is 268 g/mol. The number of amides is 1. The maximum absolute atomic E-state index is 11.2. The van der Waals surface area contributed by atoms with Gasteiger partial charge in [0.1, 0.15) is 6.04 Å². The summed E-state index contributed by atoms with van der Waals surface area (Å²) < 4.78 is 29.3. The summed E-state index contributed by atoms with van der Waals surface area (Å²) in [5.41, 5.74) is 5.22. The number of hydrogen-bond acceptors (Lipinski definition) is 5. The number of nitrogens with one attached hydrogen (secondary N) is 1. The number of carboxylic acids is 1. The van der Waals surface area contributed by atoms with Crippen molar-refractivity contribution in [1.29, 1.82) is 0 Å². The molecule has 0 unspecified atom stereocenters. The topological polar surface area (TPSA) is 147 Å². The molecule has 0 spiro atoms. The lowest BCUT2D eigenvalue weighted by Gasteiger charge is -2.10. The van der Waals surface area contributed by atoms with Gasteiger partial charge in [-0.3, -0.25) is 14.1 Å². The first-order chi connectivity index (χ1) is 7.72. The van der Waals surface area contributed by atoms with Crippen LogP contribution in [0.1, 0.15) is 19.3 Å². The first-order valence-electron chi connectivity index (χ1n) is 4.92. The molecule has 5 N–H and O–H groups in total. The molecule has 0 aromatic heterocycles. The van der Waals surface area contributed by atoms with Crippen LogP contribution < -0.4 is 11.1 Å². The minimum absolute atomic E-state index is 0.00689. The van der Waals surface area contributed by atoms with E-state index in [4.69, 9.17) is 15.4 Å². The molecule has 0 bridgehead atoms.